The van der Waals surface area contributed by atoms with Crippen LogP contribution in [0, 0.1) is 13.8 Å². The SMILES string of the molecule is COc1cc(C)c(CNC(=O)NCc2ccccc2)cc1C. The van der Waals surface area contributed by atoms with Crippen LogP contribution in [0.2, 0.25) is 0 Å². The van der Waals surface area contributed by atoms with Crippen molar-refractivity contribution >= 4 is 6.03 Å². The molecule has 4 heteroatoms. The number of aryl methyl sites for hydroxylation is 2. The molecule has 2 amide bonds. The Kier molecular flexibility index (Phi) is 5.42. The summed E-state index contributed by atoms with van der Waals surface area (Å²) in [5.74, 6) is 0.870. The quantitative estimate of drug-likeness (QED) is 0.889. The van der Waals surface area contributed by atoms with E-state index in [4.69, 9.17) is 4.74 Å². The number of urea groups is 1. The van der Waals surface area contributed by atoms with Crippen LogP contribution in [-0.4, -0.2) is 13.1 Å². The first-order valence-electron chi connectivity index (χ1n) is 7.30. The zero-order valence-corrected chi connectivity index (χ0v) is 13.3. The Morgan fingerprint density at radius 3 is 2.36 bits per heavy atom. The molecule has 4 nitrogen and oxygen atoms in total. The standard InChI is InChI=1S/C18H22N2O2/c1-13-10-17(22-3)14(2)9-16(13)12-20-18(21)19-11-15-7-5-4-6-8-15/h4-10H,11-12H2,1-3H3,(H2,19,20,21). The van der Waals surface area contributed by atoms with Gasteiger partial charge in [-0.1, -0.05) is 36.4 Å². The third-order valence-corrected chi connectivity index (χ3v) is 3.59. The fourth-order valence-electron chi connectivity index (χ4n) is 2.28. The van der Waals surface area contributed by atoms with Crippen LogP contribution in [0.4, 0.5) is 4.79 Å². The Bertz CT molecular complexity index is 639. The van der Waals surface area contributed by atoms with Gasteiger partial charge in [0.1, 0.15) is 5.75 Å². The van der Waals surface area contributed by atoms with Crippen molar-refractivity contribution in [2.45, 2.75) is 26.9 Å². The third-order valence-electron chi connectivity index (χ3n) is 3.59. The van der Waals surface area contributed by atoms with Crippen LogP contribution in [0.25, 0.3) is 0 Å². The molecule has 0 bridgehead atoms. The molecule has 0 unspecified atom stereocenters. The normalized spacial score (nSPS) is 10.1. The van der Waals surface area contributed by atoms with Gasteiger partial charge in [-0.15, -0.1) is 0 Å². The topological polar surface area (TPSA) is 50.4 Å². The zero-order valence-electron chi connectivity index (χ0n) is 13.3. The Morgan fingerprint density at radius 2 is 1.68 bits per heavy atom. The number of amides is 2. The number of hydrogen-bond donors (Lipinski definition) is 2. The number of methoxy groups -OCH3 is 1. The molecule has 0 spiro atoms. The molecule has 0 aliphatic heterocycles. The predicted octanol–water partition coefficient (Wildman–Crippen LogP) is 3.31. The molecule has 0 saturated heterocycles. The van der Waals surface area contributed by atoms with Gasteiger partial charge in [-0.25, -0.2) is 4.79 Å². The molecule has 2 rings (SSSR count). The van der Waals surface area contributed by atoms with E-state index in [-0.39, 0.29) is 6.03 Å². The largest absolute Gasteiger partial charge is 0.496 e. The summed E-state index contributed by atoms with van der Waals surface area (Å²) >= 11 is 0. The maximum Gasteiger partial charge on any atom is 0.315 e. The molecular weight excluding hydrogens is 276 g/mol. The van der Waals surface area contributed by atoms with Crippen molar-refractivity contribution in [3.8, 4) is 5.75 Å². The summed E-state index contributed by atoms with van der Waals surface area (Å²) < 4.78 is 5.29. The summed E-state index contributed by atoms with van der Waals surface area (Å²) in [5.41, 5.74) is 4.34. The fourth-order valence-corrected chi connectivity index (χ4v) is 2.28. The van der Waals surface area contributed by atoms with Gasteiger partial charge in [-0.05, 0) is 42.2 Å². The molecule has 0 saturated carbocycles. The highest BCUT2D eigenvalue weighted by Gasteiger charge is 2.06. The number of ether oxygens (including phenoxy) is 1. The zero-order chi connectivity index (χ0) is 15.9. The van der Waals surface area contributed by atoms with Gasteiger partial charge in [0.05, 0.1) is 7.11 Å². The van der Waals surface area contributed by atoms with E-state index in [0.717, 1.165) is 28.0 Å². The van der Waals surface area contributed by atoms with Crippen molar-refractivity contribution < 1.29 is 9.53 Å². The average Bonchev–Trinajstić information content (AvgIpc) is 2.54. The van der Waals surface area contributed by atoms with Crippen LogP contribution in [-0.2, 0) is 13.1 Å². The van der Waals surface area contributed by atoms with Crippen LogP contribution >= 0.6 is 0 Å². The van der Waals surface area contributed by atoms with Gasteiger partial charge in [0.15, 0.2) is 0 Å². The number of carbonyl (C=O) groups excluding carboxylic acids is 1. The molecule has 0 atom stereocenters. The molecule has 0 radical (unpaired) electrons. The molecule has 0 aromatic heterocycles. The maximum absolute atomic E-state index is 11.9. The van der Waals surface area contributed by atoms with E-state index in [2.05, 4.69) is 10.6 Å². The minimum atomic E-state index is -0.170. The van der Waals surface area contributed by atoms with Gasteiger partial charge in [0.2, 0.25) is 0 Å². The highest BCUT2D eigenvalue weighted by molar-refractivity contribution is 5.73. The van der Waals surface area contributed by atoms with Gasteiger partial charge < -0.3 is 15.4 Å². The molecule has 0 aliphatic rings. The van der Waals surface area contributed by atoms with Gasteiger partial charge in [-0.2, -0.15) is 0 Å². The monoisotopic (exact) mass is 298 g/mol. The minimum absolute atomic E-state index is 0.170. The first kappa shape index (κ1) is 15.9. The molecule has 0 aliphatic carbocycles. The minimum Gasteiger partial charge on any atom is -0.496 e. The van der Waals surface area contributed by atoms with Gasteiger partial charge >= 0.3 is 6.03 Å². The van der Waals surface area contributed by atoms with Crippen LogP contribution in [0.3, 0.4) is 0 Å². The smallest absolute Gasteiger partial charge is 0.315 e. The Hall–Kier alpha value is -2.49. The summed E-state index contributed by atoms with van der Waals surface area (Å²) in [6, 6.07) is 13.7. The van der Waals surface area contributed by atoms with E-state index in [1.165, 1.54) is 0 Å². The second kappa shape index (κ2) is 7.50. The van der Waals surface area contributed by atoms with Crippen LogP contribution in [0.1, 0.15) is 22.3 Å². The molecule has 2 aromatic rings. The van der Waals surface area contributed by atoms with Crippen molar-refractivity contribution in [2.75, 3.05) is 7.11 Å². The predicted molar refractivity (Wildman–Crippen MR) is 88.0 cm³/mol. The number of carbonyl (C=O) groups is 1. The third kappa shape index (κ3) is 4.25. The van der Waals surface area contributed by atoms with Crippen LogP contribution in [0.15, 0.2) is 42.5 Å². The molecule has 116 valence electrons. The summed E-state index contributed by atoms with van der Waals surface area (Å²) in [6.45, 7) is 5.03. The van der Waals surface area contributed by atoms with E-state index in [9.17, 15) is 4.79 Å². The number of nitrogens with one attached hydrogen (secondary N) is 2. The lowest BCUT2D eigenvalue weighted by Gasteiger charge is -2.13. The van der Waals surface area contributed by atoms with Gasteiger partial charge in [0, 0.05) is 13.1 Å². The first-order chi connectivity index (χ1) is 10.6. The summed E-state index contributed by atoms with van der Waals surface area (Å²) in [6.07, 6.45) is 0. The lowest BCUT2D eigenvalue weighted by Crippen LogP contribution is -2.34. The summed E-state index contributed by atoms with van der Waals surface area (Å²) in [7, 11) is 1.66. The van der Waals surface area contributed by atoms with Crippen molar-refractivity contribution in [3.63, 3.8) is 0 Å². The second-order valence-corrected chi connectivity index (χ2v) is 5.27. The van der Waals surface area contributed by atoms with Crippen molar-refractivity contribution in [1.82, 2.24) is 10.6 Å². The Labute approximate surface area is 131 Å². The summed E-state index contributed by atoms with van der Waals surface area (Å²) in [4.78, 5) is 11.9. The fraction of sp³-hybridized carbons (Fsp3) is 0.278. The lowest BCUT2D eigenvalue weighted by molar-refractivity contribution is 0.240. The van der Waals surface area contributed by atoms with Gasteiger partial charge in [-0.3, -0.25) is 0 Å². The van der Waals surface area contributed by atoms with E-state index in [1.807, 2.05) is 56.3 Å². The number of benzene rings is 2. The number of hydrogen-bond acceptors (Lipinski definition) is 2. The second-order valence-electron chi connectivity index (χ2n) is 5.27. The maximum atomic E-state index is 11.9. The molecule has 2 aromatic carbocycles. The number of rotatable bonds is 5. The van der Waals surface area contributed by atoms with Crippen molar-refractivity contribution in [1.29, 1.82) is 0 Å². The lowest BCUT2D eigenvalue weighted by atomic mass is 10.0. The van der Waals surface area contributed by atoms with Gasteiger partial charge in [0.25, 0.3) is 0 Å². The van der Waals surface area contributed by atoms with Crippen LogP contribution < -0.4 is 15.4 Å². The Morgan fingerprint density at radius 1 is 1.00 bits per heavy atom. The van der Waals surface area contributed by atoms with E-state index < -0.39 is 0 Å². The average molecular weight is 298 g/mol. The van der Waals surface area contributed by atoms with Crippen molar-refractivity contribution in [3.05, 3.63) is 64.7 Å². The molecular formula is C18H22N2O2. The summed E-state index contributed by atoms with van der Waals surface area (Å²) in [5, 5.41) is 5.73. The van der Waals surface area contributed by atoms with Crippen LogP contribution in [0.5, 0.6) is 5.75 Å². The molecule has 0 heterocycles. The van der Waals surface area contributed by atoms with E-state index in [0.29, 0.717) is 13.1 Å². The van der Waals surface area contributed by atoms with Crippen molar-refractivity contribution in [2.24, 2.45) is 0 Å². The first-order valence-corrected chi connectivity index (χ1v) is 7.30. The van der Waals surface area contributed by atoms with E-state index >= 15 is 0 Å². The highest BCUT2D eigenvalue weighted by Crippen LogP contribution is 2.22. The Balaban J connectivity index is 1.87. The highest BCUT2D eigenvalue weighted by atomic mass is 16.5. The molecule has 22 heavy (non-hydrogen) atoms. The molecule has 2 N–H and O–H groups in total. The molecule has 0 fully saturated rings. The van der Waals surface area contributed by atoms with E-state index in [1.54, 1.807) is 7.11 Å².